The molecular weight excluding hydrogens is 190 g/mol. The van der Waals surface area contributed by atoms with Crippen molar-refractivity contribution in [1.82, 2.24) is 4.98 Å². The highest BCUT2D eigenvalue weighted by Gasteiger charge is 2.10. The van der Waals surface area contributed by atoms with Crippen molar-refractivity contribution < 1.29 is 4.79 Å². The fraction of sp³-hybridized carbons (Fsp3) is 0.455. The Bertz CT molecular complexity index is 311. The number of carbonyl (C=O) groups is 1. The first-order valence-corrected chi connectivity index (χ1v) is 5.03. The molecule has 15 heavy (non-hydrogen) atoms. The molecule has 0 aliphatic carbocycles. The highest BCUT2D eigenvalue weighted by molar-refractivity contribution is 5.92. The van der Waals surface area contributed by atoms with E-state index in [1.165, 1.54) is 0 Å². The number of amides is 1. The molecule has 1 amide bonds. The summed E-state index contributed by atoms with van der Waals surface area (Å²) < 4.78 is 0. The molecule has 0 radical (unpaired) electrons. The third-order valence-electron chi connectivity index (χ3n) is 2.22. The van der Waals surface area contributed by atoms with E-state index in [4.69, 9.17) is 5.73 Å². The SMILES string of the molecule is CC(N)CCC(=O)N(C)c1cccnc1. The zero-order valence-electron chi connectivity index (χ0n) is 9.18. The van der Waals surface area contributed by atoms with Crippen molar-refractivity contribution in [2.75, 3.05) is 11.9 Å². The average molecular weight is 207 g/mol. The number of anilines is 1. The van der Waals surface area contributed by atoms with Gasteiger partial charge in [-0.25, -0.2) is 0 Å². The maximum absolute atomic E-state index is 11.7. The minimum absolute atomic E-state index is 0.0660. The summed E-state index contributed by atoms with van der Waals surface area (Å²) in [5.41, 5.74) is 6.41. The maximum atomic E-state index is 11.7. The van der Waals surface area contributed by atoms with Crippen LogP contribution in [-0.2, 0) is 4.79 Å². The van der Waals surface area contributed by atoms with Gasteiger partial charge in [-0.15, -0.1) is 0 Å². The van der Waals surface area contributed by atoms with Crippen molar-refractivity contribution in [3.63, 3.8) is 0 Å². The van der Waals surface area contributed by atoms with E-state index in [0.29, 0.717) is 12.8 Å². The van der Waals surface area contributed by atoms with Crippen LogP contribution in [0, 0.1) is 0 Å². The monoisotopic (exact) mass is 207 g/mol. The largest absolute Gasteiger partial charge is 0.328 e. The van der Waals surface area contributed by atoms with Crippen LogP contribution in [0.1, 0.15) is 19.8 Å². The van der Waals surface area contributed by atoms with Gasteiger partial charge in [0.15, 0.2) is 0 Å². The Labute approximate surface area is 90.1 Å². The predicted octanol–water partition coefficient (Wildman–Crippen LogP) is 1.17. The maximum Gasteiger partial charge on any atom is 0.226 e. The Kier molecular flexibility index (Phi) is 4.24. The van der Waals surface area contributed by atoms with Gasteiger partial charge in [0.05, 0.1) is 11.9 Å². The molecule has 0 aromatic carbocycles. The van der Waals surface area contributed by atoms with Gasteiger partial charge in [0.25, 0.3) is 0 Å². The number of hydrogen-bond acceptors (Lipinski definition) is 3. The number of aromatic nitrogens is 1. The Hall–Kier alpha value is -1.42. The number of nitrogens with zero attached hydrogens (tertiary/aromatic N) is 2. The molecule has 82 valence electrons. The van der Waals surface area contributed by atoms with Crippen molar-refractivity contribution in [2.45, 2.75) is 25.8 Å². The summed E-state index contributed by atoms with van der Waals surface area (Å²) in [6, 6.07) is 3.73. The van der Waals surface area contributed by atoms with Crippen LogP contribution in [0.25, 0.3) is 0 Å². The summed E-state index contributed by atoms with van der Waals surface area (Å²) >= 11 is 0. The van der Waals surface area contributed by atoms with Crippen LogP contribution in [0.15, 0.2) is 24.5 Å². The number of rotatable bonds is 4. The van der Waals surface area contributed by atoms with Crippen LogP contribution in [0.2, 0.25) is 0 Å². The molecule has 1 aromatic heterocycles. The van der Waals surface area contributed by atoms with Crippen LogP contribution >= 0.6 is 0 Å². The van der Waals surface area contributed by atoms with Gasteiger partial charge in [-0.05, 0) is 25.5 Å². The normalized spacial score (nSPS) is 12.2. The summed E-state index contributed by atoms with van der Waals surface area (Å²) in [5.74, 6) is 0.0697. The molecule has 0 spiro atoms. The molecule has 0 aliphatic rings. The number of carbonyl (C=O) groups excluding carboxylic acids is 1. The molecule has 4 heteroatoms. The number of pyridine rings is 1. The van der Waals surface area contributed by atoms with E-state index in [2.05, 4.69) is 4.98 Å². The van der Waals surface area contributed by atoms with Gasteiger partial charge in [0, 0.05) is 25.7 Å². The van der Waals surface area contributed by atoms with Crippen LogP contribution < -0.4 is 10.6 Å². The topological polar surface area (TPSA) is 59.2 Å². The summed E-state index contributed by atoms with van der Waals surface area (Å²) in [6.07, 6.45) is 4.54. The van der Waals surface area contributed by atoms with E-state index in [-0.39, 0.29) is 11.9 Å². The van der Waals surface area contributed by atoms with Crippen LogP contribution in [-0.4, -0.2) is 24.0 Å². The number of nitrogens with two attached hydrogens (primary N) is 1. The van der Waals surface area contributed by atoms with Crippen LogP contribution in [0.4, 0.5) is 5.69 Å². The van der Waals surface area contributed by atoms with Gasteiger partial charge in [-0.3, -0.25) is 9.78 Å². The molecule has 1 aromatic rings. The Balaban J connectivity index is 2.54. The standard InChI is InChI=1S/C11H17N3O/c1-9(12)5-6-11(15)14(2)10-4-3-7-13-8-10/h3-4,7-9H,5-6,12H2,1-2H3. The minimum Gasteiger partial charge on any atom is -0.328 e. The predicted molar refractivity (Wildman–Crippen MR) is 60.5 cm³/mol. The van der Waals surface area contributed by atoms with Crippen LogP contribution in [0.3, 0.4) is 0 Å². The van der Waals surface area contributed by atoms with Gasteiger partial charge >= 0.3 is 0 Å². The highest BCUT2D eigenvalue weighted by atomic mass is 16.2. The lowest BCUT2D eigenvalue weighted by Gasteiger charge is -2.17. The lowest BCUT2D eigenvalue weighted by Crippen LogP contribution is -2.28. The summed E-state index contributed by atoms with van der Waals surface area (Å²) in [6.45, 7) is 1.90. The Morgan fingerprint density at radius 1 is 1.67 bits per heavy atom. The van der Waals surface area contributed by atoms with E-state index in [1.807, 2.05) is 19.1 Å². The van der Waals surface area contributed by atoms with Crippen LogP contribution in [0.5, 0.6) is 0 Å². The Morgan fingerprint density at radius 2 is 2.40 bits per heavy atom. The molecule has 4 nitrogen and oxygen atoms in total. The summed E-state index contributed by atoms with van der Waals surface area (Å²) in [4.78, 5) is 17.3. The zero-order valence-corrected chi connectivity index (χ0v) is 9.18. The van der Waals surface area contributed by atoms with Crippen molar-refractivity contribution >= 4 is 11.6 Å². The summed E-state index contributed by atoms with van der Waals surface area (Å²) in [7, 11) is 1.75. The lowest BCUT2D eigenvalue weighted by atomic mass is 10.2. The molecule has 0 saturated heterocycles. The van der Waals surface area contributed by atoms with Gasteiger partial charge in [0.1, 0.15) is 0 Å². The van der Waals surface area contributed by atoms with Gasteiger partial charge in [-0.2, -0.15) is 0 Å². The molecule has 2 N–H and O–H groups in total. The number of hydrogen-bond donors (Lipinski definition) is 1. The molecular formula is C11H17N3O. The van der Waals surface area contributed by atoms with Crippen molar-refractivity contribution in [1.29, 1.82) is 0 Å². The minimum atomic E-state index is 0.0660. The van der Waals surface area contributed by atoms with E-state index >= 15 is 0 Å². The molecule has 0 saturated carbocycles. The van der Waals surface area contributed by atoms with E-state index in [9.17, 15) is 4.79 Å². The molecule has 1 unspecified atom stereocenters. The second-order valence-corrected chi connectivity index (χ2v) is 3.68. The molecule has 0 aliphatic heterocycles. The van der Waals surface area contributed by atoms with E-state index in [0.717, 1.165) is 5.69 Å². The fourth-order valence-corrected chi connectivity index (χ4v) is 1.21. The van der Waals surface area contributed by atoms with Gasteiger partial charge in [-0.1, -0.05) is 0 Å². The van der Waals surface area contributed by atoms with Crippen molar-refractivity contribution in [3.8, 4) is 0 Å². The molecule has 1 rings (SSSR count). The lowest BCUT2D eigenvalue weighted by molar-refractivity contribution is -0.118. The zero-order chi connectivity index (χ0) is 11.3. The average Bonchev–Trinajstić information content (AvgIpc) is 2.26. The second-order valence-electron chi connectivity index (χ2n) is 3.68. The fourth-order valence-electron chi connectivity index (χ4n) is 1.21. The third kappa shape index (κ3) is 3.67. The van der Waals surface area contributed by atoms with Gasteiger partial charge in [0.2, 0.25) is 5.91 Å². The van der Waals surface area contributed by atoms with E-state index < -0.39 is 0 Å². The first-order valence-electron chi connectivity index (χ1n) is 5.03. The smallest absolute Gasteiger partial charge is 0.226 e. The molecule has 1 heterocycles. The van der Waals surface area contributed by atoms with Crippen molar-refractivity contribution in [3.05, 3.63) is 24.5 Å². The first kappa shape index (κ1) is 11.7. The summed E-state index contributed by atoms with van der Waals surface area (Å²) in [5, 5.41) is 0. The highest BCUT2D eigenvalue weighted by Crippen LogP contribution is 2.11. The first-order chi connectivity index (χ1) is 7.11. The Morgan fingerprint density at radius 3 is 2.93 bits per heavy atom. The molecule has 1 atom stereocenters. The third-order valence-corrected chi connectivity index (χ3v) is 2.22. The molecule has 0 bridgehead atoms. The van der Waals surface area contributed by atoms with Gasteiger partial charge < -0.3 is 10.6 Å². The van der Waals surface area contributed by atoms with Crippen molar-refractivity contribution in [2.24, 2.45) is 5.73 Å². The second kappa shape index (κ2) is 5.46. The quantitative estimate of drug-likeness (QED) is 0.806. The molecule has 0 fully saturated rings. The van der Waals surface area contributed by atoms with E-state index in [1.54, 1.807) is 24.3 Å².